The fraction of sp³-hybridized carbons (Fsp3) is 0.0909. The van der Waals surface area contributed by atoms with Gasteiger partial charge in [-0.15, -0.1) is 0 Å². The predicted octanol–water partition coefficient (Wildman–Crippen LogP) is 4.99. The van der Waals surface area contributed by atoms with Gasteiger partial charge >= 0.3 is 0 Å². The van der Waals surface area contributed by atoms with Gasteiger partial charge in [-0.25, -0.2) is 5.43 Å². The van der Waals surface area contributed by atoms with Gasteiger partial charge in [-0.05, 0) is 29.8 Å². The second kappa shape index (κ2) is 7.64. The van der Waals surface area contributed by atoms with E-state index in [0.717, 1.165) is 16.6 Å². The van der Waals surface area contributed by atoms with E-state index < -0.39 is 0 Å². The predicted molar refractivity (Wildman–Crippen MR) is 111 cm³/mol. The molecule has 0 aliphatic carbocycles. The molecule has 0 bridgehead atoms. The molecule has 3 aromatic carbocycles. The number of hydrazone groups is 1. The standard InChI is InChI=1S/C22H18ClN3O/c23-17-11-9-16(10-12-17)15-24-25-22(27)13-14-26-20-7-3-1-5-18(20)19-6-2-4-8-21(19)26/h1-12,15H,13-14H2,(H,25,27)/b24-15-. The topological polar surface area (TPSA) is 46.4 Å². The molecule has 4 aromatic rings. The van der Waals surface area contributed by atoms with Crippen molar-refractivity contribution in [3.8, 4) is 0 Å². The first kappa shape index (κ1) is 17.3. The molecule has 0 aliphatic heterocycles. The summed E-state index contributed by atoms with van der Waals surface area (Å²) in [6.45, 7) is 0.594. The molecule has 0 saturated carbocycles. The first-order valence-electron chi connectivity index (χ1n) is 8.76. The summed E-state index contributed by atoms with van der Waals surface area (Å²) in [5.74, 6) is -0.123. The number of amides is 1. The number of para-hydroxylation sites is 2. The number of nitrogens with zero attached hydrogens (tertiary/aromatic N) is 2. The number of halogens is 1. The monoisotopic (exact) mass is 375 g/mol. The Morgan fingerprint density at radius 2 is 1.52 bits per heavy atom. The van der Waals surface area contributed by atoms with Crippen LogP contribution < -0.4 is 5.43 Å². The van der Waals surface area contributed by atoms with Crippen molar-refractivity contribution >= 4 is 45.5 Å². The van der Waals surface area contributed by atoms with Crippen LogP contribution in [0.4, 0.5) is 0 Å². The van der Waals surface area contributed by atoms with Crippen molar-refractivity contribution in [3.63, 3.8) is 0 Å². The van der Waals surface area contributed by atoms with Crippen molar-refractivity contribution in [2.45, 2.75) is 13.0 Å². The highest BCUT2D eigenvalue weighted by Gasteiger charge is 2.10. The molecule has 0 unspecified atom stereocenters. The molecule has 27 heavy (non-hydrogen) atoms. The third-order valence-electron chi connectivity index (χ3n) is 4.52. The summed E-state index contributed by atoms with van der Waals surface area (Å²) in [6, 6.07) is 23.8. The maximum atomic E-state index is 12.2. The lowest BCUT2D eigenvalue weighted by Crippen LogP contribution is -2.19. The SMILES string of the molecule is O=C(CCn1c2ccccc2c2ccccc21)N/N=C\c1ccc(Cl)cc1. The van der Waals surface area contributed by atoms with Crippen LogP contribution in [-0.4, -0.2) is 16.7 Å². The number of aromatic nitrogens is 1. The maximum Gasteiger partial charge on any atom is 0.241 e. The third kappa shape index (κ3) is 3.71. The van der Waals surface area contributed by atoms with Gasteiger partial charge in [0.05, 0.1) is 6.21 Å². The van der Waals surface area contributed by atoms with Crippen LogP contribution in [0.3, 0.4) is 0 Å². The lowest BCUT2D eigenvalue weighted by Gasteiger charge is -2.06. The molecular weight excluding hydrogens is 358 g/mol. The van der Waals surface area contributed by atoms with Crippen LogP contribution >= 0.6 is 11.6 Å². The van der Waals surface area contributed by atoms with Gasteiger partial charge in [-0.2, -0.15) is 5.10 Å². The normalized spacial score (nSPS) is 11.4. The molecule has 0 fully saturated rings. The van der Waals surface area contributed by atoms with E-state index in [1.165, 1.54) is 10.8 Å². The largest absolute Gasteiger partial charge is 0.340 e. The van der Waals surface area contributed by atoms with E-state index in [-0.39, 0.29) is 5.91 Å². The first-order chi connectivity index (χ1) is 13.2. The number of nitrogens with one attached hydrogen (secondary N) is 1. The molecule has 4 rings (SSSR count). The number of carbonyl (C=O) groups is 1. The first-order valence-corrected chi connectivity index (χ1v) is 9.13. The molecule has 0 aliphatic rings. The van der Waals surface area contributed by atoms with Crippen LogP contribution in [0.5, 0.6) is 0 Å². The molecular formula is C22H18ClN3O. The lowest BCUT2D eigenvalue weighted by atomic mass is 10.2. The minimum atomic E-state index is -0.123. The van der Waals surface area contributed by atoms with Crippen LogP contribution in [0.2, 0.25) is 5.02 Å². The summed E-state index contributed by atoms with van der Waals surface area (Å²) in [7, 11) is 0. The number of fused-ring (bicyclic) bond motifs is 3. The van der Waals surface area contributed by atoms with Crippen molar-refractivity contribution in [1.29, 1.82) is 0 Å². The summed E-state index contributed by atoms with van der Waals surface area (Å²) in [5.41, 5.74) is 5.74. The van der Waals surface area contributed by atoms with Crippen molar-refractivity contribution in [3.05, 3.63) is 83.4 Å². The van der Waals surface area contributed by atoms with Crippen LogP contribution in [0.15, 0.2) is 77.9 Å². The van der Waals surface area contributed by atoms with Gasteiger partial charge in [0.15, 0.2) is 0 Å². The number of carbonyl (C=O) groups excluding carboxylic acids is 1. The second-order valence-corrected chi connectivity index (χ2v) is 6.72. The molecule has 1 aromatic heterocycles. The number of hydrogen-bond donors (Lipinski definition) is 1. The summed E-state index contributed by atoms with van der Waals surface area (Å²) in [6.07, 6.45) is 1.95. The minimum Gasteiger partial charge on any atom is -0.340 e. The zero-order valence-electron chi connectivity index (χ0n) is 14.6. The number of hydrogen-bond acceptors (Lipinski definition) is 2. The van der Waals surface area contributed by atoms with Crippen molar-refractivity contribution in [2.75, 3.05) is 0 Å². The number of benzene rings is 3. The lowest BCUT2D eigenvalue weighted by molar-refractivity contribution is -0.121. The Bertz CT molecular complexity index is 1080. The van der Waals surface area contributed by atoms with Gasteiger partial charge < -0.3 is 4.57 Å². The molecule has 1 N–H and O–H groups in total. The van der Waals surface area contributed by atoms with E-state index in [1.807, 2.05) is 36.4 Å². The maximum absolute atomic E-state index is 12.2. The minimum absolute atomic E-state index is 0.123. The van der Waals surface area contributed by atoms with E-state index in [1.54, 1.807) is 18.3 Å². The van der Waals surface area contributed by atoms with Gasteiger partial charge in [-0.1, -0.05) is 60.1 Å². The van der Waals surface area contributed by atoms with Gasteiger partial charge in [0.1, 0.15) is 0 Å². The Balaban J connectivity index is 1.46. The highest BCUT2D eigenvalue weighted by atomic mass is 35.5. The van der Waals surface area contributed by atoms with E-state index in [0.29, 0.717) is 18.0 Å². The van der Waals surface area contributed by atoms with E-state index in [2.05, 4.69) is 39.4 Å². The van der Waals surface area contributed by atoms with Crippen molar-refractivity contribution < 1.29 is 4.79 Å². The summed E-state index contributed by atoms with van der Waals surface area (Å²) >= 11 is 5.85. The third-order valence-corrected chi connectivity index (χ3v) is 4.77. The van der Waals surface area contributed by atoms with Gasteiger partial charge in [0.25, 0.3) is 0 Å². The molecule has 5 heteroatoms. The highest BCUT2D eigenvalue weighted by Crippen LogP contribution is 2.28. The quantitative estimate of drug-likeness (QED) is 0.387. The van der Waals surface area contributed by atoms with E-state index >= 15 is 0 Å². The Morgan fingerprint density at radius 1 is 0.926 bits per heavy atom. The Kier molecular flexibility index (Phi) is 4.90. The summed E-state index contributed by atoms with van der Waals surface area (Å²) < 4.78 is 2.19. The van der Waals surface area contributed by atoms with Crippen LogP contribution in [0, 0.1) is 0 Å². The molecule has 0 radical (unpaired) electrons. The molecule has 134 valence electrons. The zero-order valence-corrected chi connectivity index (χ0v) is 15.4. The Morgan fingerprint density at radius 3 is 2.15 bits per heavy atom. The second-order valence-electron chi connectivity index (χ2n) is 6.28. The van der Waals surface area contributed by atoms with Gasteiger partial charge in [-0.3, -0.25) is 4.79 Å². The highest BCUT2D eigenvalue weighted by molar-refractivity contribution is 6.30. The average Bonchev–Trinajstić information content (AvgIpc) is 3.02. The molecule has 1 heterocycles. The molecule has 4 nitrogen and oxygen atoms in total. The summed E-state index contributed by atoms with van der Waals surface area (Å²) in [5, 5.41) is 7.09. The molecule has 0 atom stereocenters. The average molecular weight is 376 g/mol. The molecule has 0 spiro atoms. The summed E-state index contributed by atoms with van der Waals surface area (Å²) in [4.78, 5) is 12.2. The van der Waals surface area contributed by atoms with Crippen molar-refractivity contribution in [2.24, 2.45) is 5.10 Å². The zero-order chi connectivity index (χ0) is 18.6. The van der Waals surface area contributed by atoms with Crippen LogP contribution in [-0.2, 0) is 11.3 Å². The van der Waals surface area contributed by atoms with E-state index in [4.69, 9.17) is 11.6 Å². The Hall–Kier alpha value is -3.11. The molecule has 1 amide bonds. The van der Waals surface area contributed by atoms with Gasteiger partial charge in [0.2, 0.25) is 5.91 Å². The number of rotatable bonds is 5. The number of aryl methyl sites for hydroxylation is 1. The fourth-order valence-electron chi connectivity index (χ4n) is 3.24. The van der Waals surface area contributed by atoms with Gasteiger partial charge in [0, 0.05) is 39.8 Å². The Labute approximate surface area is 162 Å². The van der Waals surface area contributed by atoms with Crippen LogP contribution in [0.25, 0.3) is 21.8 Å². The smallest absolute Gasteiger partial charge is 0.241 e. The van der Waals surface area contributed by atoms with E-state index in [9.17, 15) is 4.79 Å². The fourth-order valence-corrected chi connectivity index (χ4v) is 3.37. The molecule has 0 saturated heterocycles. The van der Waals surface area contributed by atoms with Crippen molar-refractivity contribution in [1.82, 2.24) is 9.99 Å². The van der Waals surface area contributed by atoms with Crippen LogP contribution in [0.1, 0.15) is 12.0 Å².